The Kier molecular flexibility index (Phi) is 28.2. The Bertz CT molecular complexity index is 2140. The Morgan fingerprint density at radius 2 is 1.10 bits per heavy atom. The summed E-state index contributed by atoms with van der Waals surface area (Å²) in [5.41, 5.74) is 6.48. The number of carbonyl (C=O) groups excluding carboxylic acids is 9. The lowest BCUT2D eigenvalue weighted by Gasteiger charge is -2.47. The first kappa shape index (κ1) is 71.1. The second-order valence-corrected chi connectivity index (χ2v) is 24.2. The average Bonchev–Trinajstić information content (AvgIpc) is 3.44. The van der Waals surface area contributed by atoms with Gasteiger partial charge in [-0.15, -0.1) is 0 Å². The van der Waals surface area contributed by atoms with Gasteiger partial charge in [0.2, 0.25) is 23.6 Å². The molecule has 24 heteroatoms. The van der Waals surface area contributed by atoms with Crippen molar-refractivity contribution in [3.8, 4) is 0 Å². The van der Waals surface area contributed by atoms with Crippen molar-refractivity contribution in [2.24, 2.45) is 59.0 Å². The first-order valence-electron chi connectivity index (χ1n) is 28.8. The number of nitrogens with two attached hydrogens (primary N) is 1. The van der Waals surface area contributed by atoms with Gasteiger partial charge in [-0.3, -0.25) is 43.2 Å². The summed E-state index contributed by atoms with van der Waals surface area (Å²) in [6, 6.07) is -5.00. The number of hydrogen-bond donors (Lipinski definition) is 10. The maximum absolute atomic E-state index is 14.4. The van der Waals surface area contributed by atoms with Crippen LogP contribution >= 0.6 is 0 Å². The molecule has 4 amide bonds. The van der Waals surface area contributed by atoms with Crippen LogP contribution < -0.4 is 21.7 Å². The molecule has 0 spiro atoms. The number of aliphatic hydroxyl groups is 6. The van der Waals surface area contributed by atoms with Gasteiger partial charge in [-0.2, -0.15) is 0 Å². The SMILES string of the molecule is CC(=O)[C@H](C)NC(=O)C(CC(=O)[C@@H](NC(=O)C(CC(=O)[C@H](C)NC(=O)C(C)CC(=O)[C@@H]1CCCCN1C(=O)C(CC(=O)[C@@H](N)C(C)O[C@H]1OC(CO)[C@H](O)[C@H](O[C@@H]2OC(CO)[C@H](O)[C@H](O)C2O)C1C)C(C)C)C(C)C)C(C)C)C(C)C. The molecule has 0 aromatic rings. The van der Waals surface area contributed by atoms with Gasteiger partial charge in [0.25, 0.3) is 0 Å². The van der Waals surface area contributed by atoms with Crippen LogP contribution in [-0.4, -0.2) is 199 Å². The van der Waals surface area contributed by atoms with E-state index in [4.69, 9.17) is 24.7 Å². The quantitative estimate of drug-likeness (QED) is 0.0438. The summed E-state index contributed by atoms with van der Waals surface area (Å²) in [6.07, 6.45) is -14.1. The highest BCUT2D eigenvalue weighted by Gasteiger charge is 2.51. The molecule has 81 heavy (non-hydrogen) atoms. The highest BCUT2D eigenvalue weighted by Crippen LogP contribution is 2.34. The molecule has 9 unspecified atom stereocenters. The Labute approximate surface area is 477 Å². The molecule has 3 fully saturated rings. The van der Waals surface area contributed by atoms with Crippen LogP contribution in [0, 0.1) is 53.3 Å². The fourth-order valence-corrected chi connectivity index (χ4v) is 10.4. The predicted octanol–water partition coefficient (Wildman–Crippen LogP) is 0.0279. The first-order valence-corrected chi connectivity index (χ1v) is 28.8. The minimum atomic E-state index is -1.79. The van der Waals surface area contributed by atoms with Crippen molar-refractivity contribution < 1.29 is 92.7 Å². The summed E-state index contributed by atoms with van der Waals surface area (Å²) < 4.78 is 23.3. The zero-order valence-corrected chi connectivity index (χ0v) is 49.9. The molecule has 0 aromatic heterocycles. The maximum Gasteiger partial charge on any atom is 0.227 e. The summed E-state index contributed by atoms with van der Waals surface area (Å²) >= 11 is 0. The van der Waals surface area contributed by atoms with E-state index in [1.54, 1.807) is 69.2 Å². The molecule has 20 atom stereocenters. The number of ether oxygens (including phenoxy) is 4. The second-order valence-electron chi connectivity index (χ2n) is 24.2. The van der Waals surface area contributed by atoms with Crippen molar-refractivity contribution in [3.63, 3.8) is 0 Å². The number of hydrogen-bond acceptors (Lipinski definition) is 20. The third-order valence-corrected chi connectivity index (χ3v) is 16.4. The van der Waals surface area contributed by atoms with Gasteiger partial charge < -0.3 is 76.2 Å². The van der Waals surface area contributed by atoms with Crippen LogP contribution in [0.15, 0.2) is 0 Å². The Hall–Kier alpha value is -4.21. The number of ketones is 5. The molecule has 3 saturated heterocycles. The lowest BCUT2D eigenvalue weighted by Crippen LogP contribution is -2.63. The van der Waals surface area contributed by atoms with Crippen LogP contribution in [0.2, 0.25) is 0 Å². The Morgan fingerprint density at radius 3 is 1.63 bits per heavy atom. The topological polar surface area (TPSA) is 377 Å². The van der Waals surface area contributed by atoms with Gasteiger partial charge in [-0.05, 0) is 70.6 Å². The molecule has 3 aliphatic rings. The smallest absolute Gasteiger partial charge is 0.227 e. The summed E-state index contributed by atoms with van der Waals surface area (Å²) in [7, 11) is 0. The van der Waals surface area contributed by atoms with E-state index in [0.29, 0.717) is 19.3 Å². The van der Waals surface area contributed by atoms with E-state index in [1.165, 1.54) is 32.6 Å². The normalized spacial score (nSPS) is 28.7. The van der Waals surface area contributed by atoms with Crippen molar-refractivity contribution >= 4 is 52.5 Å². The van der Waals surface area contributed by atoms with E-state index in [-0.39, 0.29) is 67.3 Å². The zero-order valence-electron chi connectivity index (χ0n) is 49.9. The number of aliphatic hydroxyl groups excluding tert-OH is 6. The maximum atomic E-state index is 14.4. The van der Waals surface area contributed by atoms with Crippen LogP contribution in [0.5, 0.6) is 0 Å². The van der Waals surface area contributed by atoms with Crippen molar-refractivity contribution in [2.45, 2.75) is 233 Å². The zero-order chi connectivity index (χ0) is 61.7. The van der Waals surface area contributed by atoms with Gasteiger partial charge in [0.15, 0.2) is 41.5 Å². The van der Waals surface area contributed by atoms with Gasteiger partial charge in [0.05, 0.1) is 55.6 Å². The van der Waals surface area contributed by atoms with E-state index in [9.17, 15) is 73.8 Å². The number of nitrogens with one attached hydrogen (secondary N) is 3. The molecule has 0 aromatic carbocycles. The van der Waals surface area contributed by atoms with Gasteiger partial charge >= 0.3 is 0 Å². The highest BCUT2D eigenvalue weighted by molar-refractivity contribution is 5.98. The lowest BCUT2D eigenvalue weighted by molar-refractivity contribution is -0.354. The molecule has 464 valence electrons. The van der Waals surface area contributed by atoms with Crippen LogP contribution in [0.25, 0.3) is 0 Å². The molecule has 11 N–H and O–H groups in total. The Balaban J connectivity index is 1.64. The number of likely N-dealkylation sites (tertiary alicyclic amines) is 1. The first-order chi connectivity index (χ1) is 37.7. The van der Waals surface area contributed by atoms with E-state index in [0.717, 1.165) is 0 Å². The number of Topliss-reactive ketones (excluding diaryl/α,β-unsaturated/α-hetero) is 5. The van der Waals surface area contributed by atoms with Crippen LogP contribution in [0.3, 0.4) is 0 Å². The van der Waals surface area contributed by atoms with Crippen molar-refractivity contribution in [3.05, 3.63) is 0 Å². The summed E-state index contributed by atoms with van der Waals surface area (Å²) in [5, 5.41) is 70.1. The fourth-order valence-electron chi connectivity index (χ4n) is 10.4. The van der Waals surface area contributed by atoms with Crippen molar-refractivity contribution in [1.82, 2.24) is 20.9 Å². The van der Waals surface area contributed by atoms with Crippen LogP contribution in [0.1, 0.15) is 142 Å². The fraction of sp³-hybridized carbons (Fsp3) is 0.842. The van der Waals surface area contributed by atoms with E-state index in [1.807, 2.05) is 0 Å². The van der Waals surface area contributed by atoms with Gasteiger partial charge in [0, 0.05) is 61.8 Å². The summed E-state index contributed by atoms with van der Waals surface area (Å²) in [4.78, 5) is 124. The van der Waals surface area contributed by atoms with E-state index >= 15 is 0 Å². The molecule has 3 rings (SSSR count). The minimum absolute atomic E-state index is 0.184. The van der Waals surface area contributed by atoms with E-state index < -0.39 is 176 Å². The third kappa shape index (κ3) is 19.2. The molecule has 0 aliphatic carbocycles. The van der Waals surface area contributed by atoms with Gasteiger partial charge in [-0.1, -0.05) is 69.2 Å². The number of amides is 4. The molecule has 0 saturated carbocycles. The molecule has 3 heterocycles. The van der Waals surface area contributed by atoms with Gasteiger partial charge in [-0.25, -0.2) is 0 Å². The third-order valence-electron chi connectivity index (χ3n) is 16.4. The predicted molar refractivity (Wildman–Crippen MR) is 293 cm³/mol. The number of piperidine rings is 1. The monoisotopic (exact) mass is 1160 g/mol. The second kappa shape index (κ2) is 32.2. The molecule has 3 aliphatic heterocycles. The molecule has 24 nitrogen and oxygen atoms in total. The molecular weight excluding hydrogens is 1060 g/mol. The molecular formula is C57H97N5O19. The average molecular weight is 1160 g/mol. The number of nitrogens with zero attached hydrogens (tertiary/aromatic N) is 1. The van der Waals surface area contributed by atoms with Crippen LogP contribution in [-0.2, 0) is 62.1 Å². The Morgan fingerprint density at radius 1 is 0.593 bits per heavy atom. The molecule has 0 bridgehead atoms. The van der Waals surface area contributed by atoms with Crippen LogP contribution in [0.4, 0.5) is 0 Å². The molecule has 0 radical (unpaired) electrons. The number of carbonyl (C=O) groups is 9. The largest absolute Gasteiger partial charge is 0.394 e. The van der Waals surface area contributed by atoms with Crippen molar-refractivity contribution in [1.29, 1.82) is 0 Å². The number of rotatable bonds is 31. The minimum Gasteiger partial charge on any atom is -0.394 e. The lowest BCUT2D eigenvalue weighted by atomic mass is 9.84. The van der Waals surface area contributed by atoms with Gasteiger partial charge in [0.1, 0.15) is 36.6 Å². The standard InChI is InChI=1S/C57H97N5O19/c1-25(2)35(54(76)61-46(28(7)8)42(69)21-36(26(3)4)53(75)59-31(11)33(13)65)20-39(66)32(12)60-52(74)29(9)19-40(67)38-17-15-16-18-62(38)55(77)37(27(5)6)22-41(68)45(58)34(14)78-56-30(10)51(48(71)44(24-64)79-56)81-57-50(73)49(72)47(70)43(23-63)80-57/h25-32,34-38,43-51,56-57,63-64,70-73H,15-24,58H2,1-14H3,(H,59,75)(H,60,74)(H,61,76)/t29?,30?,31-,32-,34?,35?,36?,37?,38-,43?,44?,45-,46-,47-,48-,49-,50?,51+,56-,57-/m0/s1. The summed E-state index contributed by atoms with van der Waals surface area (Å²) in [6.45, 7) is 21.9. The van der Waals surface area contributed by atoms with Crippen molar-refractivity contribution in [2.75, 3.05) is 19.8 Å². The summed E-state index contributed by atoms with van der Waals surface area (Å²) in [5.74, 6) is -9.79. The van der Waals surface area contributed by atoms with E-state index in [2.05, 4.69) is 16.0 Å². The highest BCUT2D eigenvalue weighted by atomic mass is 16.7.